The summed E-state index contributed by atoms with van der Waals surface area (Å²) in [7, 11) is 0. The minimum atomic E-state index is -0.627. The highest BCUT2D eigenvalue weighted by Gasteiger charge is 2.37. The monoisotopic (exact) mass is 257 g/mol. The first-order valence-corrected chi connectivity index (χ1v) is 7.06. The quantitative estimate of drug-likeness (QED) is 0.752. The van der Waals surface area contributed by atoms with Gasteiger partial charge in [0.1, 0.15) is 9.88 Å². The Morgan fingerprint density at radius 3 is 3.06 bits per heavy atom. The number of thiazole rings is 1. The molecule has 4 nitrogen and oxygen atoms in total. The van der Waals surface area contributed by atoms with E-state index in [1.54, 1.807) is 29.3 Å². The van der Waals surface area contributed by atoms with Crippen molar-refractivity contribution in [2.75, 3.05) is 5.75 Å². The highest BCUT2D eigenvalue weighted by atomic mass is 32.2. The maximum absolute atomic E-state index is 11.5. The Morgan fingerprint density at radius 2 is 2.56 bits per heavy atom. The van der Waals surface area contributed by atoms with Crippen LogP contribution in [-0.2, 0) is 4.79 Å². The fraction of sp³-hybridized carbons (Fsp3) is 0.600. The molecule has 88 valence electrons. The van der Waals surface area contributed by atoms with Gasteiger partial charge in [-0.3, -0.25) is 4.79 Å². The van der Waals surface area contributed by atoms with Gasteiger partial charge in [0.2, 0.25) is 5.91 Å². The van der Waals surface area contributed by atoms with Crippen molar-refractivity contribution in [1.29, 1.82) is 0 Å². The van der Waals surface area contributed by atoms with Gasteiger partial charge in [0.15, 0.2) is 0 Å². The van der Waals surface area contributed by atoms with Crippen LogP contribution in [-0.4, -0.2) is 28.2 Å². The third-order valence-electron chi connectivity index (χ3n) is 2.54. The van der Waals surface area contributed by atoms with Gasteiger partial charge in [0.05, 0.1) is 0 Å². The van der Waals surface area contributed by atoms with E-state index in [-0.39, 0.29) is 5.91 Å². The number of nitrogens with one attached hydrogen (secondary N) is 1. The predicted molar refractivity (Wildman–Crippen MR) is 66.6 cm³/mol. The van der Waals surface area contributed by atoms with Gasteiger partial charge in [-0.05, 0) is 19.8 Å². The second-order valence-corrected chi connectivity index (χ2v) is 6.32. The zero-order valence-corrected chi connectivity index (χ0v) is 10.7. The van der Waals surface area contributed by atoms with Gasteiger partial charge in [0, 0.05) is 23.4 Å². The standard InChI is InChI=1S/C10H15N3OS2/c1-10(8(11)14,13-7-2-3-7)6-16-9-12-4-5-15-9/h4-5,7,13H,2-3,6H2,1H3,(H2,11,14). The van der Waals surface area contributed by atoms with Crippen molar-refractivity contribution < 1.29 is 4.79 Å². The molecule has 16 heavy (non-hydrogen) atoms. The second kappa shape index (κ2) is 4.73. The molecule has 1 aromatic rings. The summed E-state index contributed by atoms with van der Waals surface area (Å²) in [6.45, 7) is 1.87. The Bertz CT molecular complexity index is 364. The van der Waals surface area contributed by atoms with E-state index in [2.05, 4.69) is 10.3 Å². The van der Waals surface area contributed by atoms with E-state index in [0.717, 1.165) is 17.2 Å². The topological polar surface area (TPSA) is 68.0 Å². The summed E-state index contributed by atoms with van der Waals surface area (Å²) in [6, 6.07) is 0.467. The van der Waals surface area contributed by atoms with Crippen LogP contribution in [0.4, 0.5) is 0 Å². The first-order valence-electron chi connectivity index (χ1n) is 5.20. The Kier molecular flexibility index (Phi) is 3.51. The van der Waals surface area contributed by atoms with E-state index in [1.165, 1.54) is 0 Å². The molecule has 0 spiro atoms. The average molecular weight is 257 g/mol. The molecule has 1 amide bonds. The summed E-state index contributed by atoms with van der Waals surface area (Å²) >= 11 is 3.16. The summed E-state index contributed by atoms with van der Waals surface area (Å²) in [5, 5.41) is 5.24. The molecule has 1 aliphatic carbocycles. The Labute approximate surface area is 103 Å². The number of nitrogens with two attached hydrogens (primary N) is 1. The lowest BCUT2D eigenvalue weighted by molar-refractivity contribution is -0.123. The van der Waals surface area contributed by atoms with Gasteiger partial charge < -0.3 is 11.1 Å². The summed E-state index contributed by atoms with van der Waals surface area (Å²) in [5.41, 5.74) is 4.83. The number of nitrogens with zero attached hydrogens (tertiary/aromatic N) is 1. The van der Waals surface area contributed by atoms with Crippen LogP contribution in [0.2, 0.25) is 0 Å². The minimum Gasteiger partial charge on any atom is -0.368 e. The van der Waals surface area contributed by atoms with Crippen molar-refractivity contribution in [2.45, 2.75) is 35.7 Å². The number of carbonyl (C=O) groups is 1. The fourth-order valence-corrected chi connectivity index (χ4v) is 3.10. The van der Waals surface area contributed by atoms with Crippen LogP contribution in [0.1, 0.15) is 19.8 Å². The Balaban J connectivity index is 1.93. The molecule has 0 radical (unpaired) electrons. The van der Waals surface area contributed by atoms with Crippen LogP contribution >= 0.6 is 23.1 Å². The zero-order valence-electron chi connectivity index (χ0n) is 9.10. The molecule has 0 aromatic carbocycles. The predicted octanol–water partition coefficient (Wildman–Crippen LogP) is 1.23. The molecule has 1 heterocycles. The third-order valence-corrected chi connectivity index (χ3v) is 4.82. The minimum absolute atomic E-state index is 0.288. The van der Waals surface area contributed by atoms with Crippen molar-refractivity contribution in [3.05, 3.63) is 11.6 Å². The van der Waals surface area contributed by atoms with Crippen LogP contribution in [0.3, 0.4) is 0 Å². The maximum Gasteiger partial charge on any atom is 0.238 e. The lowest BCUT2D eigenvalue weighted by Crippen LogP contribution is -2.55. The molecule has 0 aliphatic heterocycles. The lowest BCUT2D eigenvalue weighted by atomic mass is 10.1. The van der Waals surface area contributed by atoms with Crippen LogP contribution in [0.25, 0.3) is 0 Å². The molecule has 6 heteroatoms. The zero-order chi connectivity index (χ0) is 11.6. The lowest BCUT2D eigenvalue weighted by Gasteiger charge is -2.26. The number of rotatable bonds is 6. The Hall–Kier alpha value is -0.590. The van der Waals surface area contributed by atoms with Crippen molar-refractivity contribution in [2.24, 2.45) is 5.73 Å². The third kappa shape index (κ3) is 2.96. The number of thioether (sulfide) groups is 1. The first-order chi connectivity index (χ1) is 7.60. The van der Waals surface area contributed by atoms with Crippen molar-refractivity contribution >= 4 is 29.0 Å². The molecule has 0 saturated heterocycles. The number of hydrogen-bond donors (Lipinski definition) is 2. The molecule has 1 atom stereocenters. The molecule has 1 aromatic heterocycles. The highest BCUT2D eigenvalue weighted by molar-refractivity contribution is 8.01. The number of aromatic nitrogens is 1. The van der Waals surface area contributed by atoms with E-state index in [4.69, 9.17) is 5.73 Å². The molecule has 2 rings (SSSR count). The normalized spacial score (nSPS) is 19.3. The summed E-state index contributed by atoms with van der Waals surface area (Å²) in [4.78, 5) is 15.6. The number of hydrogen-bond acceptors (Lipinski definition) is 5. The van der Waals surface area contributed by atoms with Gasteiger partial charge in [-0.2, -0.15) is 0 Å². The van der Waals surface area contributed by atoms with Gasteiger partial charge >= 0.3 is 0 Å². The largest absolute Gasteiger partial charge is 0.368 e. The average Bonchev–Trinajstić information content (AvgIpc) is 2.89. The fourth-order valence-electron chi connectivity index (χ4n) is 1.35. The van der Waals surface area contributed by atoms with Gasteiger partial charge in [0.25, 0.3) is 0 Å². The first kappa shape index (κ1) is 11.9. The molecule has 1 fully saturated rings. The molecule has 3 N–H and O–H groups in total. The second-order valence-electron chi connectivity index (χ2n) is 4.20. The van der Waals surface area contributed by atoms with E-state index < -0.39 is 5.54 Å². The highest BCUT2D eigenvalue weighted by Crippen LogP contribution is 2.28. The van der Waals surface area contributed by atoms with Crippen molar-refractivity contribution in [1.82, 2.24) is 10.3 Å². The molecule has 1 unspecified atom stereocenters. The summed E-state index contributed by atoms with van der Waals surface area (Å²) < 4.78 is 0.977. The van der Waals surface area contributed by atoms with E-state index in [9.17, 15) is 4.79 Å². The number of primary amides is 1. The van der Waals surface area contributed by atoms with Crippen molar-refractivity contribution in [3.8, 4) is 0 Å². The molecule has 1 saturated carbocycles. The molecule has 0 bridgehead atoms. The van der Waals surface area contributed by atoms with Crippen LogP contribution in [0.5, 0.6) is 0 Å². The molecular formula is C10H15N3OS2. The molecular weight excluding hydrogens is 242 g/mol. The van der Waals surface area contributed by atoms with Gasteiger partial charge in [-0.25, -0.2) is 4.98 Å². The number of amides is 1. The van der Waals surface area contributed by atoms with E-state index in [1.807, 2.05) is 12.3 Å². The van der Waals surface area contributed by atoms with Gasteiger partial charge in [-0.15, -0.1) is 11.3 Å². The SMILES string of the molecule is CC(CSc1nccs1)(NC1CC1)C(N)=O. The number of carbonyl (C=O) groups excluding carboxylic acids is 1. The maximum atomic E-state index is 11.5. The summed E-state index contributed by atoms with van der Waals surface area (Å²) in [6.07, 6.45) is 4.05. The van der Waals surface area contributed by atoms with Crippen molar-refractivity contribution in [3.63, 3.8) is 0 Å². The Morgan fingerprint density at radius 1 is 1.81 bits per heavy atom. The van der Waals surface area contributed by atoms with Crippen LogP contribution < -0.4 is 11.1 Å². The van der Waals surface area contributed by atoms with E-state index >= 15 is 0 Å². The van der Waals surface area contributed by atoms with Gasteiger partial charge in [-0.1, -0.05) is 11.8 Å². The van der Waals surface area contributed by atoms with Crippen LogP contribution in [0, 0.1) is 0 Å². The van der Waals surface area contributed by atoms with Crippen LogP contribution in [0.15, 0.2) is 15.9 Å². The molecule has 1 aliphatic rings. The smallest absolute Gasteiger partial charge is 0.238 e. The van der Waals surface area contributed by atoms with E-state index in [0.29, 0.717) is 11.8 Å². The summed E-state index contributed by atoms with van der Waals surface area (Å²) in [5.74, 6) is 0.343.